The van der Waals surface area contributed by atoms with Crippen LogP contribution in [0.1, 0.15) is 16.7 Å². The number of aryl methyl sites for hydroxylation is 2. The summed E-state index contributed by atoms with van der Waals surface area (Å²) >= 11 is 12.6. The minimum atomic E-state index is -0.0800. The monoisotopic (exact) mass is 359 g/mol. The number of halogens is 1. The highest BCUT2D eigenvalue weighted by Gasteiger charge is 2.34. The Bertz CT molecular complexity index is 827. The number of anilines is 1. The minimum Gasteiger partial charge on any atom is -0.268 e. The van der Waals surface area contributed by atoms with E-state index in [9.17, 15) is 4.79 Å². The van der Waals surface area contributed by atoms with Crippen LogP contribution in [0.15, 0.2) is 47.4 Å². The predicted molar refractivity (Wildman–Crippen MR) is 103 cm³/mol. The molecule has 1 aliphatic heterocycles. The topological polar surface area (TPSA) is 20.3 Å². The van der Waals surface area contributed by atoms with E-state index in [2.05, 4.69) is 0 Å². The number of nitrogens with zero attached hydrogens (tertiary/aromatic N) is 1. The molecule has 0 atom stereocenters. The first-order valence-electron chi connectivity index (χ1n) is 7.06. The maximum absolute atomic E-state index is 12.8. The molecule has 2 aromatic rings. The van der Waals surface area contributed by atoms with Gasteiger partial charge in [-0.05, 0) is 54.8 Å². The Balaban J connectivity index is 1.97. The van der Waals surface area contributed by atoms with Gasteiger partial charge in [0.25, 0.3) is 5.91 Å². The molecular weight excluding hydrogens is 346 g/mol. The van der Waals surface area contributed by atoms with E-state index in [1.54, 1.807) is 17.0 Å². The maximum atomic E-state index is 12.8. The first-order chi connectivity index (χ1) is 11.0. The lowest BCUT2D eigenvalue weighted by molar-refractivity contribution is -0.113. The van der Waals surface area contributed by atoms with Crippen LogP contribution in [0.5, 0.6) is 0 Å². The molecule has 1 amide bonds. The van der Waals surface area contributed by atoms with Crippen molar-refractivity contribution in [2.75, 3.05) is 4.90 Å². The SMILES string of the molecule is Cc1ccc(C)c(N2C(=O)C(=Cc3ccc(Cl)cc3)SC2=S)c1. The van der Waals surface area contributed by atoms with Crippen molar-refractivity contribution in [2.24, 2.45) is 0 Å². The number of rotatable bonds is 2. The van der Waals surface area contributed by atoms with Crippen LogP contribution in [-0.2, 0) is 4.79 Å². The summed E-state index contributed by atoms with van der Waals surface area (Å²) in [7, 11) is 0. The lowest BCUT2D eigenvalue weighted by atomic mass is 10.1. The van der Waals surface area contributed by atoms with Crippen LogP contribution >= 0.6 is 35.6 Å². The predicted octanol–water partition coefficient (Wildman–Crippen LogP) is 5.36. The molecular formula is C18H14ClNOS2. The van der Waals surface area contributed by atoms with E-state index in [1.807, 2.05) is 50.3 Å². The Morgan fingerprint density at radius 1 is 1.13 bits per heavy atom. The van der Waals surface area contributed by atoms with Gasteiger partial charge in [0.15, 0.2) is 4.32 Å². The van der Waals surface area contributed by atoms with E-state index in [-0.39, 0.29) is 5.91 Å². The summed E-state index contributed by atoms with van der Waals surface area (Å²) in [5.41, 5.74) is 3.91. The Morgan fingerprint density at radius 2 is 1.83 bits per heavy atom. The van der Waals surface area contributed by atoms with Gasteiger partial charge in [0, 0.05) is 5.02 Å². The summed E-state index contributed by atoms with van der Waals surface area (Å²) in [5.74, 6) is -0.0800. The summed E-state index contributed by atoms with van der Waals surface area (Å²) in [6.45, 7) is 3.99. The molecule has 0 bridgehead atoms. The van der Waals surface area contributed by atoms with Gasteiger partial charge >= 0.3 is 0 Å². The van der Waals surface area contributed by atoms with Crippen LogP contribution in [0, 0.1) is 13.8 Å². The van der Waals surface area contributed by atoms with E-state index in [0.29, 0.717) is 14.2 Å². The molecule has 1 fully saturated rings. The van der Waals surface area contributed by atoms with Gasteiger partial charge in [0.2, 0.25) is 0 Å². The number of thioether (sulfide) groups is 1. The van der Waals surface area contributed by atoms with Crippen molar-refractivity contribution in [3.63, 3.8) is 0 Å². The number of hydrogen-bond acceptors (Lipinski definition) is 3. The van der Waals surface area contributed by atoms with Crippen molar-refractivity contribution in [3.05, 3.63) is 69.1 Å². The molecule has 1 heterocycles. The number of benzene rings is 2. The summed E-state index contributed by atoms with van der Waals surface area (Å²) in [4.78, 5) is 15.0. The van der Waals surface area contributed by atoms with Gasteiger partial charge in [-0.25, -0.2) is 0 Å². The smallest absolute Gasteiger partial charge is 0.268 e. The first kappa shape index (κ1) is 16.2. The van der Waals surface area contributed by atoms with Crippen molar-refractivity contribution >= 4 is 57.6 Å². The number of amides is 1. The third-order valence-corrected chi connectivity index (χ3v) is 5.12. The van der Waals surface area contributed by atoms with E-state index < -0.39 is 0 Å². The quantitative estimate of drug-likeness (QED) is 0.531. The molecule has 0 unspecified atom stereocenters. The van der Waals surface area contributed by atoms with Crippen LogP contribution in [-0.4, -0.2) is 10.2 Å². The molecule has 0 N–H and O–H groups in total. The van der Waals surface area contributed by atoms with E-state index >= 15 is 0 Å². The largest absolute Gasteiger partial charge is 0.270 e. The second kappa shape index (κ2) is 6.48. The molecule has 1 aliphatic rings. The number of thiocarbonyl (C=S) groups is 1. The van der Waals surface area contributed by atoms with E-state index in [4.69, 9.17) is 23.8 Å². The summed E-state index contributed by atoms with van der Waals surface area (Å²) in [6.07, 6.45) is 1.85. The van der Waals surface area contributed by atoms with Crippen LogP contribution in [0.4, 0.5) is 5.69 Å². The fourth-order valence-corrected chi connectivity index (χ4v) is 3.76. The zero-order valence-electron chi connectivity index (χ0n) is 12.7. The highest BCUT2D eigenvalue weighted by molar-refractivity contribution is 8.27. The van der Waals surface area contributed by atoms with Crippen molar-refractivity contribution in [1.82, 2.24) is 0 Å². The Labute approximate surface area is 150 Å². The van der Waals surface area contributed by atoms with Crippen molar-refractivity contribution in [2.45, 2.75) is 13.8 Å². The number of carbonyl (C=O) groups is 1. The minimum absolute atomic E-state index is 0.0800. The average molecular weight is 360 g/mol. The number of hydrogen-bond donors (Lipinski definition) is 0. The lowest BCUT2D eigenvalue weighted by Crippen LogP contribution is -2.28. The molecule has 2 aromatic carbocycles. The first-order valence-corrected chi connectivity index (χ1v) is 8.67. The maximum Gasteiger partial charge on any atom is 0.270 e. The van der Waals surface area contributed by atoms with Gasteiger partial charge in [-0.3, -0.25) is 9.69 Å². The Morgan fingerprint density at radius 3 is 2.52 bits per heavy atom. The molecule has 0 radical (unpaired) electrons. The molecule has 0 aromatic heterocycles. The van der Waals surface area contributed by atoms with Gasteiger partial charge < -0.3 is 0 Å². The van der Waals surface area contributed by atoms with Gasteiger partial charge in [-0.15, -0.1) is 0 Å². The average Bonchev–Trinajstić information content (AvgIpc) is 2.78. The second-order valence-electron chi connectivity index (χ2n) is 5.36. The Hall–Kier alpha value is -1.62. The zero-order valence-corrected chi connectivity index (χ0v) is 15.1. The van der Waals surface area contributed by atoms with Gasteiger partial charge in [0.1, 0.15) is 0 Å². The standard InChI is InChI=1S/C18H14ClNOS2/c1-11-3-4-12(2)15(9-11)20-17(21)16(23-18(20)22)10-13-5-7-14(19)8-6-13/h3-10H,1-2H3. The fraction of sp³-hybridized carbons (Fsp3) is 0.111. The molecule has 5 heteroatoms. The summed E-state index contributed by atoms with van der Waals surface area (Å²) in [5, 5.41) is 0.671. The molecule has 2 nitrogen and oxygen atoms in total. The van der Waals surface area contributed by atoms with Gasteiger partial charge in [0.05, 0.1) is 10.6 Å². The second-order valence-corrected chi connectivity index (χ2v) is 7.47. The molecule has 1 saturated heterocycles. The van der Waals surface area contributed by atoms with E-state index in [1.165, 1.54) is 11.8 Å². The molecule has 3 rings (SSSR count). The Kier molecular flexibility index (Phi) is 4.57. The number of carbonyl (C=O) groups excluding carboxylic acids is 1. The lowest BCUT2D eigenvalue weighted by Gasteiger charge is -2.17. The third kappa shape index (κ3) is 3.34. The van der Waals surface area contributed by atoms with Crippen LogP contribution < -0.4 is 4.90 Å². The highest BCUT2D eigenvalue weighted by atomic mass is 35.5. The molecule has 116 valence electrons. The molecule has 0 saturated carbocycles. The van der Waals surface area contributed by atoms with Crippen LogP contribution in [0.25, 0.3) is 6.08 Å². The van der Waals surface area contributed by atoms with Crippen molar-refractivity contribution in [1.29, 1.82) is 0 Å². The fourth-order valence-electron chi connectivity index (χ4n) is 2.35. The van der Waals surface area contributed by atoms with Crippen LogP contribution in [0.3, 0.4) is 0 Å². The highest BCUT2D eigenvalue weighted by Crippen LogP contribution is 2.37. The van der Waals surface area contributed by atoms with Gasteiger partial charge in [-0.1, -0.05) is 59.8 Å². The third-order valence-electron chi connectivity index (χ3n) is 3.57. The molecule has 23 heavy (non-hydrogen) atoms. The zero-order chi connectivity index (χ0) is 16.6. The normalized spacial score (nSPS) is 16.5. The summed E-state index contributed by atoms with van der Waals surface area (Å²) < 4.78 is 0.559. The van der Waals surface area contributed by atoms with Gasteiger partial charge in [-0.2, -0.15) is 0 Å². The summed E-state index contributed by atoms with van der Waals surface area (Å²) in [6, 6.07) is 13.4. The van der Waals surface area contributed by atoms with Crippen molar-refractivity contribution < 1.29 is 4.79 Å². The molecule has 0 aliphatic carbocycles. The van der Waals surface area contributed by atoms with E-state index in [0.717, 1.165) is 22.4 Å². The van der Waals surface area contributed by atoms with Crippen LogP contribution in [0.2, 0.25) is 5.02 Å². The van der Waals surface area contributed by atoms with Crippen molar-refractivity contribution in [3.8, 4) is 0 Å². The molecule has 0 spiro atoms.